The van der Waals surface area contributed by atoms with Crippen molar-refractivity contribution in [2.45, 2.75) is 33.6 Å². The molecule has 1 aromatic rings. The number of rotatable bonds is 3. The van der Waals surface area contributed by atoms with E-state index in [1.54, 1.807) is 12.3 Å². The molecule has 0 aliphatic rings. The predicted octanol–water partition coefficient (Wildman–Crippen LogP) is 2.98. The average Bonchev–Trinajstić information content (AvgIpc) is 2.08. The van der Waals surface area contributed by atoms with E-state index in [-0.39, 0.29) is 5.82 Å². The zero-order valence-corrected chi connectivity index (χ0v) is 8.47. The summed E-state index contributed by atoms with van der Waals surface area (Å²) in [6.45, 7) is 6.13. The van der Waals surface area contributed by atoms with Crippen LogP contribution in [0.5, 0.6) is 0 Å². The standard InChI is InChI=1S/C11H16FN/c1-4-9-6-10(12)11(13-7-9)5-8(2)3/h6-8H,4-5H2,1-3H3. The lowest BCUT2D eigenvalue weighted by molar-refractivity contribution is 0.558. The molecule has 0 N–H and O–H groups in total. The van der Waals surface area contributed by atoms with E-state index in [0.717, 1.165) is 18.4 Å². The molecular formula is C11H16FN. The highest BCUT2D eigenvalue weighted by Crippen LogP contribution is 2.11. The predicted molar refractivity (Wildman–Crippen MR) is 52.1 cm³/mol. The molecule has 2 heteroatoms. The molecule has 0 fully saturated rings. The minimum absolute atomic E-state index is 0.159. The minimum atomic E-state index is -0.159. The maximum Gasteiger partial charge on any atom is 0.144 e. The summed E-state index contributed by atoms with van der Waals surface area (Å²) in [5.74, 6) is 0.294. The van der Waals surface area contributed by atoms with Crippen molar-refractivity contribution in [3.05, 3.63) is 29.3 Å². The van der Waals surface area contributed by atoms with Crippen LogP contribution in [-0.4, -0.2) is 4.98 Å². The van der Waals surface area contributed by atoms with E-state index < -0.39 is 0 Å². The first-order chi connectivity index (χ1) is 6.13. The first kappa shape index (κ1) is 10.2. The first-order valence-electron chi connectivity index (χ1n) is 4.76. The van der Waals surface area contributed by atoms with Gasteiger partial charge in [-0.15, -0.1) is 0 Å². The van der Waals surface area contributed by atoms with Gasteiger partial charge in [0.25, 0.3) is 0 Å². The van der Waals surface area contributed by atoms with Crippen molar-refractivity contribution in [1.29, 1.82) is 0 Å². The van der Waals surface area contributed by atoms with Crippen molar-refractivity contribution in [1.82, 2.24) is 4.98 Å². The van der Waals surface area contributed by atoms with Crippen LogP contribution < -0.4 is 0 Å². The molecular weight excluding hydrogens is 165 g/mol. The second-order valence-electron chi connectivity index (χ2n) is 3.72. The van der Waals surface area contributed by atoms with Crippen LogP contribution in [-0.2, 0) is 12.8 Å². The normalized spacial score (nSPS) is 10.8. The molecule has 1 heterocycles. The molecule has 0 unspecified atom stereocenters. The number of hydrogen-bond acceptors (Lipinski definition) is 1. The van der Waals surface area contributed by atoms with Gasteiger partial charge in [0.15, 0.2) is 0 Å². The Morgan fingerprint density at radius 1 is 1.46 bits per heavy atom. The summed E-state index contributed by atoms with van der Waals surface area (Å²) in [5, 5.41) is 0. The topological polar surface area (TPSA) is 12.9 Å². The Balaban J connectivity index is 2.85. The molecule has 0 atom stereocenters. The van der Waals surface area contributed by atoms with Gasteiger partial charge in [0.1, 0.15) is 5.82 Å². The summed E-state index contributed by atoms with van der Waals surface area (Å²) >= 11 is 0. The summed E-state index contributed by atoms with van der Waals surface area (Å²) in [5.41, 5.74) is 1.55. The quantitative estimate of drug-likeness (QED) is 0.698. The molecule has 1 aromatic heterocycles. The van der Waals surface area contributed by atoms with Crippen LogP contribution in [0, 0.1) is 11.7 Å². The zero-order chi connectivity index (χ0) is 9.84. The smallest absolute Gasteiger partial charge is 0.144 e. The fourth-order valence-corrected chi connectivity index (χ4v) is 1.24. The molecule has 1 rings (SSSR count). The van der Waals surface area contributed by atoms with E-state index in [2.05, 4.69) is 18.8 Å². The van der Waals surface area contributed by atoms with Crippen molar-refractivity contribution < 1.29 is 4.39 Å². The van der Waals surface area contributed by atoms with Gasteiger partial charge in [-0.25, -0.2) is 4.39 Å². The summed E-state index contributed by atoms with van der Waals surface area (Å²) in [4.78, 5) is 4.11. The fourth-order valence-electron chi connectivity index (χ4n) is 1.24. The Kier molecular flexibility index (Phi) is 3.40. The van der Waals surface area contributed by atoms with Crippen LogP contribution in [0.25, 0.3) is 0 Å². The third kappa shape index (κ3) is 2.79. The van der Waals surface area contributed by atoms with E-state index in [9.17, 15) is 4.39 Å². The minimum Gasteiger partial charge on any atom is -0.258 e. The Labute approximate surface area is 79.0 Å². The Morgan fingerprint density at radius 2 is 2.15 bits per heavy atom. The maximum absolute atomic E-state index is 13.3. The van der Waals surface area contributed by atoms with Crippen LogP contribution in [0.3, 0.4) is 0 Å². The van der Waals surface area contributed by atoms with Gasteiger partial charge in [-0.2, -0.15) is 0 Å². The summed E-state index contributed by atoms with van der Waals surface area (Å²) in [7, 11) is 0. The third-order valence-electron chi connectivity index (χ3n) is 1.98. The molecule has 0 radical (unpaired) electrons. The van der Waals surface area contributed by atoms with Crippen LogP contribution in [0.15, 0.2) is 12.3 Å². The largest absolute Gasteiger partial charge is 0.258 e. The maximum atomic E-state index is 13.3. The van der Waals surface area contributed by atoms with Crippen LogP contribution in [0.1, 0.15) is 32.0 Å². The summed E-state index contributed by atoms with van der Waals surface area (Å²) in [6, 6.07) is 1.59. The molecule has 0 amide bonds. The molecule has 0 bridgehead atoms. The summed E-state index contributed by atoms with van der Waals surface area (Å²) < 4.78 is 13.3. The van der Waals surface area contributed by atoms with Gasteiger partial charge in [0.05, 0.1) is 5.69 Å². The molecule has 0 aliphatic heterocycles. The van der Waals surface area contributed by atoms with E-state index in [0.29, 0.717) is 11.6 Å². The lowest BCUT2D eigenvalue weighted by atomic mass is 10.1. The van der Waals surface area contributed by atoms with Crippen molar-refractivity contribution in [2.24, 2.45) is 5.92 Å². The van der Waals surface area contributed by atoms with Gasteiger partial charge in [-0.1, -0.05) is 20.8 Å². The average molecular weight is 181 g/mol. The van der Waals surface area contributed by atoms with Crippen molar-refractivity contribution >= 4 is 0 Å². The highest BCUT2D eigenvalue weighted by Gasteiger charge is 2.06. The van der Waals surface area contributed by atoms with Crippen LogP contribution in [0.4, 0.5) is 4.39 Å². The number of pyridine rings is 1. The van der Waals surface area contributed by atoms with Gasteiger partial charge in [0.2, 0.25) is 0 Å². The van der Waals surface area contributed by atoms with Gasteiger partial charge < -0.3 is 0 Å². The highest BCUT2D eigenvalue weighted by molar-refractivity contribution is 5.16. The Morgan fingerprint density at radius 3 is 2.62 bits per heavy atom. The number of aryl methyl sites for hydroxylation is 1. The lowest BCUT2D eigenvalue weighted by Crippen LogP contribution is -2.01. The molecule has 0 aliphatic carbocycles. The fraction of sp³-hybridized carbons (Fsp3) is 0.545. The van der Waals surface area contributed by atoms with Crippen LogP contribution in [0.2, 0.25) is 0 Å². The molecule has 72 valence electrons. The molecule has 0 spiro atoms. The monoisotopic (exact) mass is 181 g/mol. The molecule has 0 aromatic carbocycles. The second-order valence-corrected chi connectivity index (χ2v) is 3.72. The number of nitrogens with zero attached hydrogens (tertiary/aromatic N) is 1. The van der Waals surface area contributed by atoms with Gasteiger partial charge in [0, 0.05) is 6.20 Å². The number of hydrogen-bond donors (Lipinski definition) is 0. The first-order valence-corrected chi connectivity index (χ1v) is 4.76. The van der Waals surface area contributed by atoms with Crippen molar-refractivity contribution in [3.63, 3.8) is 0 Å². The second kappa shape index (κ2) is 4.35. The molecule has 13 heavy (non-hydrogen) atoms. The van der Waals surface area contributed by atoms with Gasteiger partial charge in [-0.05, 0) is 30.4 Å². The SMILES string of the molecule is CCc1cnc(CC(C)C)c(F)c1. The third-order valence-corrected chi connectivity index (χ3v) is 1.98. The van der Waals surface area contributed by atoms with E-state index >= 15 is 0 Å². The Bertz CT molecular complexity index is 281. The zero-order valence-electron chi connectivity index (χ0n) is 8.47. The number of halogens is 1. The van der Waals surface area contributed by atoms with E-state index in [1.165, 1.54) is 0 Å². The van der Waals surface area contributed by atoms with Crippen molar-refractivity contribution in [2.75, 3.05) is 0 Å². The van der Waals surface area contributed by atoms with Gasteiger partial charge in [-0.3, -0.25) is 4.98 Å². The molecule has 0 saturated heterocycles. The highest BCUT2D eigenvalue weighted by atomic mass is 19.1. The lowest BCUT2D eigenvalue weighted by Gasteiger charge is -2.06. The van der Waals surface area contributed by atoms with E-state index in [4.69, 9.17) is 0 Å². The summed E-state index contributed by atoms with van der Waals surface area (Å²) in [6.07, 6.45) is 3.32. The van der Waals surface area contributed by atoms with Crippen molar-refractivity contribution in [3.8, 4) is 0 Å². The molecule has 1 nitrogen and oxygen atoms in total. The Hall–Kier alpha value is -0.920. The van der Waals surface area contributed by atoms with Gasteiger partial charge >= 0.3 is 0 Å². The molecule has 0 saturated carbocycles. The number of aromatic nitrogens is 1. The van der Waals surface area contributed by atoms with Crippen LogP contribution >= 0.6 is 0 Å². The van der Waals surface area contributed by atoms with E-state index in [1.807, 2.05) is 6.92 Å².